The Bertz CT molecular complexity index is 702. The summed E-state index contributed by atoms with van der Waals surface area (Å²) in [5.41, 5.74) is 3.35. The standard InChI is InChI=1S/C14H13ClN4S/c1-19-9-11(6-18-19)10-2-4-12(5-3-10)16-7-13-8-17-14(15)20-13/h2-6,8-9,16H,7H2,1H3. The number of anilines is 1. The summed E-state index contributed by atoms with van der Waals surface area (Å²) < 4.78 is 2.38. The van der Waals surface area contributed by atoms with Crippen molar-refractivity contribution in [2.24, 2.45) is 7.05 Å². The summed E-state index contributed by atoms with van der Waals surface area (Å²) in [6, 6.07) is 8.29. The fourth-order valence-corrected chi connectivity index (χ4v) is 2.82. The van der Waals surface area contributed by atoms with Gasteiger partial charge in [0.05, 0.1) is 12.7 Å². The van der Waals surface area contributed by atoms with E-state index in [1.165, 1.54) is 11.3 Å². The van der Waals surface area contributed by atoms with E-state index in [1.54, 1.807) is 10.9 Å². The van der Waals surface area contributed by atoms with Crippen molar-refractivity contribution in [2.45, 2.75) is 6.54 Å². The highest BCUT2D eigenvalue weighted by molar-refractivity contribution is 7.15. The van der Waals surface area contributed by atoms with Gasteiger partial charge >= 0.3 is 0 Å². The lowest BCUT2D eigenvalue weighted by Gasteiger charge is -2.05. The van der Waals surface area contributed by atoms with E-state index in [0.29, 0.717) is 4.47 Å². The molecule has 4 nitrogen and oxygen atoms in total. The molecule has 6 heteroatoms. The van der Waals surface area contributed by atoms with Gasteiger partial charge in [-0.25, -0.2) is 4.98 Å². The van der Waals surface area contributed by atoms with Crippen LogP contribution in [0.2, 0.25) is 4.47 Å². The van der Waals surface area contributed by atoms with Crippen molar-refractivity contribution in [3.63, 3.8) is 0 Å². The molecule has 0 saturated heterocycles. The molecule has 1 N–H and O–H groups in total. The van der Waals surface area contributed by atoms with Crippen LogP contribution in [0.4, 0.5) is 5.69 Å². The quantitative estimate of drug-likeness (QED) is 0.797. The van der Waals surface area contributed by atoms with E-state index in [2.05, 4.69) is 39.7 Å². The molecule has 2 heterocycles. The molecule has 0 unspecified atom stereocenters. The Morgan fingerprint density at radius 1 is 1.20 bits per heavy atom. The minimum atomic E-state index is 0.578. The van der Waals surface area contributed by atoms with Crippen molar-refractivity contribution in [1.29, 1.82) is 0 Å². The van der Waals surface area contributed by atoms with Crippen LogP contribution in [0.3, 0.4) is 0 Å². The smallest absolute Gasteiger partial charge is 0.183 e. The Morgan fingerprint density at radius 2 is 2.00 bits per heavy atom. The number of aryl methyl sites for hydroxylation is 1. The molecule has 3 rings (SSSR count). The fraction of sp³-hybridized carbons (Fsp3) is 0.143. The highest BCUT2D eigenvalue weighted by atomic mass is 35.5. The van der Waals surface area contributed by atoms with Crippen LogP contribution in [0.15, 0.2) is 42.9 Å². The summed E-state index contributed by atoms with van der Waals surface area (Å²) in [5.74, 6) is 0. The molecule has 0 aliphatic heterocycles. The number of benzene rings is 1. The minimum absolute atomic E-state index is 0.578. The van der Waals surface area contributed by atoms with E-state index in [4.69, 9.17) is 11.6 Å². The third-order valence-corrected chi connectivity index (χ3v) is 4.03. The van der Waals surface area contributed by atoms with Crippen molar-refractivity contribution in [1.82, 2.24) is 14.8 Å². The van der Waals surface area contributed by atoms with Gasteiger partial charge in [-0.2, -0.15) is 5.10 Å². The number of halogens is 1. The maximum Gasteiger partial charge on any atom is 0.183 e. The second-order valence-electron chi connectivity index (χ2n) is 4.41. The molecule has 3 aromatic rings. The highest BCUT2D eigenvalue weighted by Crippen LogP contribution is 2.22. The van der Waals surface area contributed by atoms with E-state index in [0.717, 1.165) is 28.2 Å². The summed E-state index contributed by atoms with van der Waals surface area (Å²) in [4.78, 5) is 5.14. The lowest BCUT2D eigenvalue weighted by molar-refractivity contribution is 0.768. The molecule has 0 aliphatic carbocycles. The first-order valence-corrected chi connectivity index (χ1v) is 7.33. The van der Waals surface area contributed by atoms with Gasteiger partial charge in [-0.15, -0.1) is 11.3 Å². The van der Waals surface area contributed by atoms with Gasteiger partial charge in [-0.3, -0.25) is 4.68 Å². The summed E-state index contributed by atoms with van der Waals surface area (Å²) in [7, 11) is 1.92. The Labute approximate surface area is 126 Å². The summed E-state index contributed by atoms with van der Waals surface area (Å²) in [6.45, 7) is 0.733. The first kappa shape index (κ1) is 13.1. The van der Waals surface area contributed by atoms with Crippen LogP contribution in [0.25, 0.3) is 11.1 Å². The predicted molar refractivity (Wildman–Crippen MR) is 83.1 cm³/mol. The SMILES string of the molecule is Cn1cc(-c2ccc(NCc3cnc(Cl)s3)cc2)cn1. The molecule has 20 heavy (non-hydrogen) atoms. The maximum absolute atomic E-state index is 5.80. The predicted octanol–water partition coefficient (Wildman–Crippen LogP) is 3.81. The average Bonchev–Trinajstić information content (AvgIpc) is 3.06. The average molecular weight is 305 g/mol. The minimum Gasteiger partial charge on any atom is -0.380 e. The van der Waals surface area contributed by atoms with Crippen LogP contribution in [-0.2, 0) is 13.6 Å². The number of aromatic nitrogens is 3. The van der Waals surface area contributed by atoms with Crippen molar-refractivity contribution >= 4 is 28.6 Å². The molecular formula is C14H13ClN4S. The molecule has 0 radical (unpaired) electrons. The van der Waals surface area contributed by atoms with Crippen LogP contribution < -0.4 is 5.32 Å². The zero-order valence-electron chi connectivity index (χ0n) is 10.9. The second kappa shape index (κ2) is 5.64. The molecule has 1 aromatic carbocycles. The number of rotatable bonds is 4. The molecule has 0 bridgehead atoms. The third kappa shape index (κ3) is 3.00. The van der Waals surface area contributed by atoms with Crippen molar-refractivity contribution in [3.05, 3.63) is 52.2 Å². The lowest BCUT2D eigenvalue weighted by Crippen LogP contribution is -1.96. The van der Waals surface area contributed by atoms with Gasteiger partial charge in [0.2, 0.25) is 0 Å². The normalized spacial score (nSPS) is 10.7. The molecule has 102 valence electrons. The number of nitrogens with one attached hydrogen (secondary N) is 1. The Kier molecular flexibility index (Phi) is 3.71. The van der Waals surface area contributed by atoms with Crippen LogP contribution in [0.1, 0.15) is 4.88 Å². The van der Waals surface area contributed by atoms with Crippen molar-refractivity contribution in [2.75, 3.05) is 5.32 Å². The van der Waals surface area contributed by atoms with E-state index >= 15 is 0 Å². The molecule has 0 fully saturated rings. The van der Waals surface area contributed by atoms with Gasteiger partial charge in [0.1, 0.15) is 0 Å². The van der Waals surface area contributed by atoms with Crippen LogP contribution in [0, 0.1) is 0 Å². The molecule has 0 spiro atoms. The topological polar surface area (TPSA) is 42.7 Å². The number of nitrogens with zero attached hydrogens (tertiary/aromatic N) is 3. The van der Waals surface area contributed by atoms with Gasteiger partial charge in [0.15, 0.2) is 4.47 Å². The fourth-order valence-electron chi connectivity index (χ4n) is 1.91. The summed E-state index contributed by atoms with van der Waals surface area (Å²) in [5, 5.41) is 7.53. The highest BCUT2D eigenvalue weighted by Gasteiger charge is 2.02. The van der Waals surface area contributed by atoms with Crippen LogP contribution >= 0.6 is 22.9 Å². The van der Waals surface area contributed by atoms with Gasteiger partial charge in [-0.1, -0.05) is 23.7 Å². The van der Waals surface area contributed by atoms with Crippen LogP contribution in [0.5, 0.6) is 0 Å². The van der Waals surface area contributed by atoms with E-state index < -0.39 is 0 Å². The Hall–Kier alpha value is -1.85. The van der Waals surface area contributed by atoms with E-state index in [9.17, 15) is 0 Å². The van der Waals surface area contributed by atoms with Gasteiger partial charge in [0.25, 0.3) is 0 Å². The van der Waals surface area contributed by atoms with Gasteiger partial charge in [0, 0.05) is 35.6 Å². The van der Waals surface area contributed by atoms with Crippen LogP contribution in [-0.4, -0.2) is 14.8 Å². The first-order chi connectivity index (χ1) is 9.70. The zero-order valence-corrected chi connectivity index (χ0v) is 12.4. The molecule has 0 aliphatic rings. The Morgan fingerprint density at radius 3 is 2.60 bits per heavy atom. The Balaban J connectivity index is 1.67. The second-order valence-corrected chi connectivity index (χ2v) is 6.11. The van der Waals surface area contributed by atoms with Crippen molar-refractivity contribution < 1.29 is 0 Å². The zero-order chi connectivity index (χ0) is 13.9. The first-order valence-electron chi connectivity index (χ1n) is 6.14. The third-order valence-electron chi connectivity index (χ3n) is 2.92. The van der Waals surface area contributed by atoms with Crippen molar-refractivity contribution in [3.8, 4) is 11.1 Å². The monoisotopic (exact) mass is 304 g/mol. The molecule has 2 aromatic heterocycles. The van der Waals surface area contributed by atoms with E-state index in [1.807, 2.05) is 19.4 Å². The number of hydrogen-bond acceptors (Lipinski definition) is 4. The number of hydrogen-bond donors (Lipinski definition) is 1. The van der Waals surface area contributed by atoms with Gasteiger partial charge in [-0.05, 0) is 17.7 Å². The molecule has 0 atom stereocenters. The lowest BCUT2D eigenvalue weighted by atomic mass is 10.1. The molecule has 0 saturated carbocycles. The maximum atomic E-state index is 5.80. The largest absolute Gasteiger partial charge is 0.380 e. The number of thiazole rings is 1. The van der Waals surface area contributed by atoms with Gasteiger partial charge < -0.3 is 5.32 Å². The molecule has 0 amide bonds. The summed E-state index contributed by atoms with van der Waals surface area (Å²) in [6.07, 6.45) is 5.66. The summed E-state index contributed by atoms with van der Waals surface area (Å²) >= 11 is 7.30. The van der Waals surface area contributed by atoms with E-state index in [-0.39, 0.29) is 0 Å². The molecular weight excluding hydrogens is 292 g/mol.